The fourth-order valence-corrected chi connectivity index (χ4v) is 3.83. The minimum atomic E-state index is -0.113. The highest BCUT2D eigenvalue weighted by molar-refractivity contribution is 7.13. The van der Waals surface area contributed by atoms with Gasteiger partial charge in [0.05, 0.1) is 17.9 Å². The van der Waals surface area contributed by atoms with Crippen molar-refractivity contribution in [3.63, 3.8) is 0 Å². The molecule has 1 N–H and O–H groups in total. The molecule has 0 aliphatic carbocycles. The highest BCUT2D eigenvalue weighted by Crippen LogP contribution is 2.20. The van der Waals surface area contributed by atoms with Gasteiger partial charge in [-0.1, -0.05) is 6.07 Å². The summed E-state index contributed by atoms with van der Waals surface area (Å²) in [5.41, 5.74) is 3.95. The SMILES string of the molecule is Cc1ccc(C(=O)Nc2nc(CN3C[C@@H](C)O[C@@H](C)C3)cs2)cc1C. The summed E-state index contributed by atoms with van der Waals surface area (Å²) in [7, 11) is 0. The summed E-state index contributed by atoms with van der Waals surface area (Å²) >= 11 is 1.47. The first-order chi connectivity index (χ1) is 11.9. The normalized spacial score (nSPS) is 21.3. The third-order valence-corrected chi connectivity index (χ3v) is 5.23. The smallest absolute Gasteiger partial charge is 0.257 e. The molecule has 0 spiro atoms. The third-order valence-electron chi connectivity index (χ3n) is 4.42. The standard InChI is InChI=1S/C19H25N3O2S/c1-12-5-6-16(7-13(12)2)18(23)21-19-20-17(11-25-19)10-22-8-14(3)24-15(4)9-22/h5-7,11,14-15H,8-10H2,1-4H3,(H,20,21,23)/t14-,15+. The van der Waals surface area contributed by atoms with Crippen LogP contribution in [0.2, 0.25) is 0 Å². The molecule has 2 atom stereocenters. The number of rotatable bonds is 4. The second-order valence-corrected chi connectivity index (χ2v) is 7.71. The first-order valence-corrected chi connectivity index (χ1v) is 9.49. The Morgan fingerprint density at radius 3 is 2.68 bits per heavy atom. The van der Waals surface area contributed by atoms with E-state index in [1.807, 2.05) is 37.4 Å². The number of benzene rings is 1. The maximum absolute atomic E-state index is 12.4. The molecule has 3 rings (SSSR count). The maximum Gasteiger partial charge on any atom is 0.257 e. The number of aryl methyl sites for hydroxylation is 2. The molecule has 1 aliphatic rings. The van der Waals surface area contributed by atoms with E-state index in [0.717, 1.165) is 30.9 Å². The van der Waals surface area contributed by atoms with Gasteiger partial charge in [-0.2, -0.15) is 0 Å². The number of anilines is 1. The lowest BCUT2D eigenvalue weighted by atomic mass is 10.1. The third kappa shape index (κ3) is 4.66. The van der Waals surface area contributed by atoms with Crippen LogP contribution in [0.3, 0.4) is 0 Å². The van der Waals surface area contributed by atoms with Crippen molar-refractivity contribution in [3.05, 3.63) is 46.0 Å². The Hall–Kier alpha value is -1.76. The Balaban J connectivity index is 1.61. The van der Waals surface area contributed by atoms with Crippen LogP contribution in [0.25, 0.3) is 0 Å². The van der Waals surface area contributed by atoms with Crippen LogP contribution in [0, 0.1) is 13.8 Å². The molecule has 5 nitrogen and oxygen atoms in total. The van der Waals surface area contributed by atoms with Gasteiger partial charge in [0.1, 0.15) is 0 Å². The Morgan fingerprint density at radius 2 is 2.00 bits per heavy atom. The molecule has 2 heterocycles. The molecule has 6 heteroatoms. The molecule has 0 radical (unpaired) electrons. The van der Waals surface area contributed by atoms with E-state index in [9.17, 15) is 4.79 Å². The molecule has 134 valence electrons. The minimum Gasteiger partial charge on any atom is -0.373 e. The van der Waals surface area contributed by atoms with Crippen LogP contribution < -0.4 is 5.32 Å². The summed E-state index contributed by atoms with van der Waals surface area (Å²) in [6.45, 7) is 10.8. The van der Waals surface area contributed by atoms with E-state index in [2.05, 4.69) is 29.0 Å². The van der Waals surface area contributed by atoms with E-state index in [0.29, 0.717) is 10.7 Å². The lowest BCUT2D eigenvalue weighted by molar-refractivity contribution is -0.0707. The zero-order valence-corrected chi connectivity index (χ0v) is 16.0. The summed E-state index contributed by atoms with van der Waals surface area (Å²) < 4.78 is 5.76. The number of nitrogens with zero attached hydrogens (tertiary/aromatic N) is 2. The van der Waals surface area contributed by atoms with Gasteiger partial charge in [0.2, 0.25) is 0 Å². The van der Waals surface area contributed by atoms with Gasteiger partial charge in [-0.05, 0) is 51.0 Å². The topological polar surface area (TPSA) is 54.5 Å². The van der Waals surface area contributed by atoms with Crippen LogP contribution >= 0.6 is 11.3 Å². The van der Waals surface area contributed by atoms with E-state index in [4.69, 9.17) is 4.74 Å². The van der Waals surface area contributed by atoms with E-state index in [1.165, 1.54) is 16.9 Å². The molecule has 25 heavy (non-hydrogen) atoms. The predicted octanol–water partition coefficient (Wildman–Crippen LogP) is 3.62. The molecule has 0 bridgehead atoms. The number of carbonyl (C=O) groups is 1. The van der Waals surface area contributed by atoms with Crippen molar-refractivity contribution in [2.75, 3.05) is 18.4 Å². The Morgan fingerprint density at radius 1 is 1.28 bits per heavy atom. The second-order valence-electron chi connectivity index (χ2n) is 6.85. The average molecular weight is 359 g/mol. The molecule has 1 aromatic carbocycles. The highest BCUT2D eigenvalue weighted by Gasteiger charge is 2.22. The largest absolute Gasteiger partial charge is 0.373 e. The van der Waals surface area contributed by atoms with Gasteiger partial charge in [0, 0.05) is 30.6 Å². The summed E-state index contributed by atoms with van der Waals surface area (Å²) in [6, 6.07) is 5.73. The van der Waals surface area contributed by atoms with E-state index >= 15 is 0 Å². The molecular weight excluding hydrogens is 334 g/mol. The number of ether oxygens (including phenoxy) is 1. The Bertz CT molecular complexity index is 749. The molecule has 0 saturated carbocycles. The van der Waals surface area contributed by atoms with Crippen LogP contribution in [0.1, 0.15) is 41.0 Å². The van der Waals surface area contributed by atoms with Crippen LogP contribution in [0.15, 0.2) is 23.6 Å². The minimum absolute atomic E-state index is 0.113. The number of hydrogen-bond donors (Lipinski definition) is 1. The predicted molar refractivity (Wildman–Crippen MR) is 101 cm³/mol. The monoisotopic (exact) mass is 359 g/mol. The molecule has 1 saturated heterocycles. The van der Waals surface area contributed by atoms with Crippen LogP contribution in [-0.2, 0) is 11.3 Å². The van der Waals surface area contributed by atoms with Gasteiger partial charge in [0.25, 0.3) is 5.91 Å². The fourth-order valence-electron chi connectivity index (χ4n) is 3.13. The number of amides is 1. The second kappa shape index (κ2) is 7.64. The van der Waals surface area contributed by atoms with Gasteiger partial charge < -0.3 is 4.74 Å². The van der Waals surface area contributed by atoms with Crippen molar-refractivity contribution in [3.8, 4) is 0 Å². The molecule has 2 aromatic rings. The number of aromatic nitrogens is 1. The van der Waals surface area contributed by atoms with Crippen LogP contribution in [0.5, 0.6) is 0 Å². The van der Waals surface area contributed by atoms with Gasteiger partial charge in [0.15, 0.2) is 5.13 Å². The quantitative estimate of drug-likeness (QED) is 0.906. The summed E-state index contributed by atoms with van der Waals surface area (Å²) in [5.74, 6) is -0.113. The Labute approximate surface area is 153 Å². The zero-order valence-electron chi connectivity index (χ0n) is 15.2. The highest BCUT2D eigenvalue weighted by atomic mass is 32.1. The molecular formula is C19H25N3O2S. The first kappa shape index (κ1) is 18.0. The van der Waals surface area contributed by atoms with Gasteiger partial charge in [-0.3, -0.25) is 15.0 Å². The van der Waals surface area contributed by atoms with Crippen molar-refractivity contribution < 1.29 is 9.53 Å². The zero-order chi connectivity index (χ0) is 18.0. The summed E-state index contributed by atoms with van der Waals surface area (Å²) in [6.07, 6.45) is 0.484. The van der Waals surface area contributed by atoms with E-state index in [-0.39, 0.29) is 18.1 Å². The summed E-state index contributed by atoms with van der Waals surface area (Å²) in [5, 5.41) is 5.57. The van der Waals surface area contributed by atoms with Crippen molar-refractivity contribution in [1.29, 1.82) is 0 Å². The lowest BCUT2D eigenvalue weighted by Crippen LogP contribution is -2.44. The van der Waals surface area contributed by atoms with Crippen molar-refractivity contribution in [2.24, 2.45) is 0 Å². The molecule has 1 aliphatic heterocycles. The molecule has 1 aromatic heterocycles. The van der Waals surface area contributed by atoms with Gasteiger partial charge in [-0.25, -0.2) is 4.98 Å². The van der Waals surface area contributed by atoms with Crippen molar-refractivity contribution in [2.45, 2.75) is 46.4 Å². The molecule has 1 amide bonds. The number of carbonyl (C=O) groups excluding carboxylic acids is 1. The van der Waals surface area contributed by atoms with Crippen LogP contribution in [0.4, 0.5) is 5.13 Å². The number of nitrogens with one attached hydrogen (secondary N) is 1. The van der Waals surface area contributed by atoms with Gasteiger partial charge in [-0.15, -0.1) is 11.3 Å². The van der Waals surface area contributed by atoms with Crippen molar-refractivity contribution >= 4 is 22.4 Å². The average Bonchev–Trinajstić information content (AvgIpc) is 2.95. The number of morpholine rings is 1. The van der Waals surface area contributed by atoms with Crippen LogP contribution in [-0.4, -0.2) is 41.1 Å². The molecule has 1 fully saturated rings. The van der Waals surface area contributed by atoms with Gasteiger partial charge >= 0.3 is 0 Å². The molecule has 0 unspecified atom stereocenters. The number of thiazole rings is 1. The summed E-state index contributed by atoms with van der Waals surface area (Å²) in [4.78, 5) is 19.3. The van der Waals surface area contributed by atoms with E-state index < -0.39 is 0 Å². The lowest BCUT2D eigenvalue weighted by Gasteiger charge is -2.34. The van der Waals surface area contributed by atoms with Crippen molar-refractivity contribution in [1.82, 2.24) is 9.88 Å². The Kier molecular flexibility index (Phi) is 5.51. The fraction of sp³-hybridized carbons (Fsp3) is 0.474. The van der Waals surface area contributed by atoms with E-state index in [1.54, 1.807) is 0 Å². The maximum atomic E-state index is 12.4. The first-order valence-electron chi connectivity index (χ1n) is 8.61. The number of hydrogen-bond acceptors (Lipinski definition) is 5.